The van der Waals surface area contributed by atoms with Crippen molar-refractivity contribution < 1.29 is 32.0 Å². The number of para-hydroxylation sites is 1. The van der Waals surface area contributed by atoms with E-state index < -0.39 is 6.36 Å². The van der Waals surface area contributed by atoms with E-state index in [1.807, 2.05) is 4.90 Å². The van der Waals surface area contributed by atoms with Gasteiger partial charge in [-0.25, -0.2) is 0 Å². The summed E-state index contributed by atoms with van der Waals surface area (Å²) < 4.78 is 52.1. The Morgan fingerprint density at radius 3 is 2.69 bits per heavy atom. The molecule has 1 aromatic carbocycles. The van der Waals surface area contributed by atoms with Crippen molar-refractivity contribution in [3.05, 3.63) is 35.7 Å². The highest BCUT2D eigenvalue weighted by molar-refractivity contribution is 5.69. The van der Waals surface area contributed by atoms with Gasteiger partial charge >= 0.3 is 12.3 Å². The second-order valence-electron chi connectivity index (χ2n) is 6.64. The Bertz CT molecular complexity index is 817. The molecule has 1 aliphatic heterocycles. The van der Waals surface area contributed by atoms with Crippen LogP contribution in [0.3, 0.4) is 0 Å². The molecule has 7 nitrogen and oxygen atoms in total. The van der Waals surface area contributed by atoms with Crippen molar-refractivity contribution in [2.24, 2.45) is 0 Å². The number of rotatable bonds is 7. The van der Waals surface area contributed by atoms with Gasteiger partial charge in [-0.2, -0.15) is 4.98 Å². The maximum Gasteiger partial charge on any atom is 0.573 e. The molecule has 1 saturated heterocycles. The summed E-state index contributed by atoms with van der Waals surface area (Å²) in [5.41, 5.74) is 0.549. The van der Waals surface area contributed by atoms with Crippen LogP contribution in [0.4, 0.5) is 19.1 Å². The minimum atomic E-state index is -4.72. The minimum Gasteiger partial charge on any atom is -0.466 e. The maximum absolute atomic E-state index is 12.6. The summed E-state index contributed by atoms with van der Waals surface area (Å²) in [7, 11) is 0. The lowest BCUT2D eigenvalue weighted by Crippen LogP contribution is -2.34. The molecule has 0 radical (unpaired) electrons. The minimum absolute atomic E-state index is 0.0556. The molecule has 0 bridgehead atoms. The molecule has 0 spiro atoms. The first-order valence-corrected chi connectivity index (χ1v) is 9.43. The van der Waals surface area contributed by atoms with Crippen LogP contribution in [-0.4, -0.2) is 42.2 Å². The molecule has 158 valence electrons. The van der Waals surface area contributed by atoms with Gasteiger partial charge in [-0.3, -0.25) is 4.79 Å². The summed E-state index contributed by atoms with van der Waals surface area (Å²) in [5.74, 6) is 0.230. The number of benzene rings is 1. The van der Waals surface area contributed by atoms with E-state index in [1.165, 1.54) is 12.1 Å². The fourth-order valence-electron chi connectivity index (χ4n) is 3.34. The van der Waals surface area contributed by atoms with E-state index in [2.05, 4.69) is 14.9 Å². The van der Waals surface area contributed by atoms with Crippen LogP contribution in [0.1, 0.15) is 43.6 Å². The lowest BCUT2D eigenvalue weighted by atomic mass is 9.89. The van der Waals surface area contributed by atoms with Crippen molar-refractivity contribution in [1.82, 2.24) is 10.1 Å². The van der Waals surface area contributed by atoms with Gasteiger partial charge in [-0.1, -0.05) is 18.2 Å². The van der Waals surface area contributed by atoms with Crippen LogP contribution < -0.4 is 9.64 Å². The van der Waals surface area contributed by atoms with Gasteiger partial charge in [0.25, 0.3) is 5.95 Å². The normalized spacial score (nSPS) is 15.4. The Hall–Kier alpha value is -2.78. The van der Waals surface area contributed by atoms with Gasteiger partial charge in [0.2, 0.25) is 5.89 Å². The van der Waals surface area contributed by atoms with Gasteiger partial charge in [-0.15, -0.1) is 13.2 Å². The molecule has 3 rings (SSSR count). The summed E-state index contributed by atoms with van der Waals surface area (Å²) in [5, 5.41) is 3.94. The summed E-state index contributed by atoms with van der Waals surface area (Å²) >= 11 is 0. The van der Waals surface area contributed by atoms with E-state index in [4.69, 9.17) is 9.26 Å². The summed E-state index contributed by atoms with van der Waals surface area (Å²) in [4.78, 5) is 17.6. The lowest BCUT2D eigenvalue weighted by molar-refractivity contribution is -0.275. The zero-order valence-corrected chi connectivity index (χ0v) is 15.9. The van der Waals surface area contributed by atoms with Crippen molar-refractivity contribution in [3.8, 4) is 5.75 Å². The molecular weight excluding hydrogens is 391 g/mol. The van der Waals surface area contributed by atoms with E-state index in [0.717, 1.165) is 0 Å². The number of ether oxygens (including phenoxy) is 2. The van der Waals surface area contributed by atoms with Crippen molar-refractivity contribution in [1.29, 1.82) is 0 Å². The van der Waals surface area contributed by atoms with Gasteiger partial charge in [0.05, 0.1) is 13.0 Å². The average Bonchev–Trinajstić information content (AvgIpc) is 3.15. The third-order valence-corrected chi connectivity index (χ3v) is 4.67. The van der Waals surface area contributed by atoms with E-state index in [-0.39, 0.29) is 24.1 Å². The number of hydrogen-bond donors (Lipinski definition) is 0. The van der Waals surface area contributed by atoms with Crippen LogP contribution in [-0.2, 0) is 16.0 Å². The predicted octanol–water partition coefficient (Wildman–Crippen LogP) is 3.85. The van der Waals surface area contributed by atoms with E-state index >= 15 is 0 Å². The molecule has 2 aromatic rings. The van der Waals surface area contributed by atoms with Gasteiger partial charge in [0.15, 0.2) is 0 Å². The number of anilines is 1. The molecule has 1 aliphatic rings. The number of nitrogens with zero attached hydrogens (tertiary/aromatic N) is 3. The summed E-state index contributed by atoms with van der Waals surface area (Å²) in [6.45, 7) is 3.20. The SMILES string of the molecule is CCOC(=O)CCc1nc(N2CCC(c3ccccc3OC(F)(F)F)CC2)no1. The molecule has 29 heavy (non-hydrogen) atoms. The van der Waals surface area contributed by atoms with E-state index in [1.54, 1.807) is 19.1 Å². The number of hydrogen-bond acceptors (Lipinski definition) is 7. The topological polar surface area (TPSA) is 77.7 Å². The monoisotopic (exact) mass is 413 g/mol. The number of carbonyl (C=O) groups is 1. The molecule has 0 unspecified atom stereocenters. The Labute approximate surface area is 165 Å². The zero-order valence-electron chi connectivity index (χ0n) is 15.9. The summed E-state index contributed by atoms with van der Waals surface area (Å²) in [6, 6.07) is 6.24. The van der Waals surface area contributed by atoms with Crippen LogP contribution in [0.15, 0.2) is 28.8 Å². The molecule has 1 fully saturated rings. The van der Waals surface area contributed by atoms with Crippen molar-refractivity contribution in [2.75, 3.05) is 24.6 Å². The number of alkyl halides is 3. The summed E-state index contributed by atoms with van der Waals surface area (Å²) in [6.07, 6.45) is -3.00. The number of piperidine rings is 1. The number of halogens is 3. The quantitative estimate of drug-likeness (QED) is 0.638. The molecule has 1 aromatic heterocycles. The number of carbonyl (C=O) groups excluding carboxylic acids is 1. The first-order valence-electron chi connectivity index (χ1n) is 9.43. The van der Waals surface area contributed by atoms with Crippen molar-refractivity contribution >= 4 is 11.9 Å². The Kier molecular flexibility index (Phi) is 6.60. The molecule has 10 heteroatoms. The third kappa shape index (κ3) is 5.85. The third-order valence-electron chi connectivity index (χ3n) is 4.67. The molecule has 0 amide bonds. The Morgan fingerprint density at radius 2 is 2.00 bits per heavy atom. The first-order chi connectivity index (χ1) is 13.9. The second-order valence-corrected chi connectivity index (χ2v) is 6.64. The average molecular weight is 413 g/mol. The fraction of sp³-hybridized carbons (Fsp3) is 0.526. The lowest BCUT2D eigenvalue weighted by Gasteiger charge is -2.31. The van der Waals surface area contributed by atoms with Crippen LogP contribution >= 0.6 is 0 Å². The first kappa shape index (κ1) is 20.9. The number of aromatic nitrogens is 2. The highest BCUT2D eigenvalue weighted by atomic mass is 19.4. The van der Waals surface area contributed by atoms with Crippen molar-refractivity contribution in [3.63, 3.8) is 0 Å². The fourth-order valence-corrected chi connectivity index (χ4v) is 3.34. The Balaban J connectivity index is 1.57. The predicted molar refractivity (Wildman–Crippen MR) is 96.6 cm³/mol. The number of aryl methyl sites for hydroxylation is 1. The molecular formula is C19H22F3N3O4. The van der Waals surface area contributed by atoms with E-state index in [9.17, 15) is 18.0 Å². The highest BCUT2D eigenvalue weighted by Crippen LogP contribution is 2.37. The Morgan fingerprint density at radius 1 is 1.28 bits per heavy atom. The van der Waals surface area contributed by atoms with Gasteiger partial charge in [-0.05, 0) is 42.5 Å². The van der Waals surface area contributed by atoms with Crippen LogP contribution in [0.2, 0.25) is 0 Å². The van der Waals surface area contributed by atoms with Crippen molar-refractivity contribution in [2.45, 2.75) is 44.9 Å². The maximum atomic E-state index is 12.6. The smallest absolute Gasteiger partial charge is 0.466 e. The highest BCUT2D eigenvalue weighted by Gasteiger charge is 2.33. The molecule has 0 N–H and O–H groups in total. The van der Waals surface area contributed by atoms with Crippen LogP contribution in [0.25, 0.3) is 0 Å². The molecule has 0 saturated carbocycles. The molecule has 0 aliphatic carbocycles. The molecule has 2 heterocycles. The van der Waals surface area contributed by atoms with Gasteiger partial charge < -0.3 is 18.9 Å². The standard InChI is InChI=1S/C19H22F3N3O4/c1-2-27-17(26)8-7-16-23-18(24-29-16)25-11-9-13(10-12-25)14-5-3-4-6-15(14)28-19(20,21)22/h3-6,13H,2,7-12H2,1H3. The van der Waals surface area contributed by atoms with Crippen LogP contribution in [0, 0.1) is 0 Å². The van der Waals surface area contributed by atoms with Crippen LogP contribution in [0.5, 0.6) is 5.75 Å². The van der Waals surface area contributed by atoms with E-state index in [0.29, 0.717) is 56.4 Å². The molecule has 0 atom stereocenters. The van der Waals surface area contributed by atoms with Gasteiger partial charge in [0, 0.05) is 19.5 Å². The second kappa shape index (κ2) is 9.15. The zero-order chi connectivity index (χ0) is 20.9. The van der Waals surface area contributed by atoms with Gasteiger partial charge in [0.1, 0.15) is 5.75 Å². The largest absolute Gasteiger partial charge is 0.573 e. The number of esters is 1.